The molecule has 98 valence electrons. The Balaban J connectivity index is 0.000000330. The molecule has 2 aliphatic carbocycles. The largest absolute Gasteiger partial charge is 0.283 e. The van der Waals surface area contributed by atoms with Crippen LogP contribution in [0.2, 0.25) is 0 Å². The summed E-state index contributed by atoms with van der Waals surface area (Å²) in [6.45, 7) is 12.6. The summed E-state index contributed by atoms with van der Waals surface area (Å²) in [4.78, 5) is 0. The molecule has 0 aromatic carbocycles. The van der Waals surface area contributed by atoms with Crippen LogP contribution in [0.4, 0.5) is 0 Å². The van der Waals surface area contributed by atoms with Crippen molar-refractivity contribution in [3.63, 3.8) is 0 Å². The zero-order chi connectivity index (χ0) is 13.0. The van der Waals surface area contributed by atoms with Crippen LogP contribution in [0.3, 0.4) is 0 Å². The third-order valence-electron chi connectivity index (χ3n) is 4.08. The van der Waals surface area contributed by atoms with Gasteiger partial charge in [-0.2, -0.15) is 5.10 Å². The van der Waals surface area contributed by atoms with Crippen LogP contribution < -0.4 is 5.43 Å². The van der Waals surface area contributed by atoms with Crippen LogP contribution in [0, 0.1) is 23.7 Å². The molecule has 2 nitrogen and oxygen atoms in total. The second-order valence-electron chi connectivity index (χ2n) is 4.81. The summed E-state index contributed by atoms with van der Waals surface area (Å²) in [6.07, 6.45) is 4.95. The zero-order valence-corrected chi connectivity index (χ0v) is 12.2. The average Bonchev–Trinajstić information content (AvgIpc) is 2.92. The Morgan fingerprint density at radius 3 is 2.47 bits per heavy atom. The predicted molar refractivity (Wildman–Crippen MR) is 75.9 cm³/mol. The summed E-state index contributed by atoms with van der Waals surface area (Å²) in [7, 11) is 0. The molecule has 2 heteroatoms. The van der Waals surface area contributed by atoms with Gasteiger partial charge in [-0.3, -0.25) is 5.43 Å². The monoisotopic (exact) mass is 236 g/mol. The fourth-order valence-electron chi connectivity index (χ4n) is 3.53. The van der Waals surface area contributed by atoms with Crippen molar-refractivity contribution in [2.45, 2.75) is 54.4 Å². The fraction of sp³-hybridized carbons (Fsp3) is 0.800. The minimum atomic E-state index is 0.683. The lowest BCUT2D eigenvalue weighted by atomic mass is 9.78. The Hall–Kier alpha value is -0.790. The van der Waals surface area contributed by atoms with Gasteiger partial charge < -0.3 is 0 Å². The van der Waals surface area contributed by atoms with E-state index >= 15 is 0 Å². The number of rotatable bonds is 0. The predicted octanol–water partition coefficient (Wildman–Crippen LogP) is 4.19. The first-order chi connectivity index (χ1) is 8.27. The van der Waals surface area contributed by atoms with Gasteiger partial charge >= 0.3 is 0 Å². The van der Waals surface area contributed by atoms with Crippen LogP contribution in [0.1, 0.15) is 54.4 Å². The molecule has 4 atom stereocenters. The Morgan fingerprint density at radius 1 is 1.18 bits per heavy atom. The number of nitrogens with zero attached hydrogens (tertiary/aromatic N) is 1. The van der Waals surface area contributed by atoms with Crippen LogP contribution in [-0.2, 0) is 0 Å². The fourth-order valence-corrected chi connectivity index (χ4v) is 3.53. The molecule has 3 rings (SSSR count). The van der Waals surface area contributed by atoms with E-state index in [0.717, 1.165) is 17.8 Å². The van der Waals surface area contributed by atoms with Crippen LogP contribution in [0.15, 0.2) is 16.4 Å². The Kier molecular flexibility index (Phi) is 5.23. The highest BCUT2D eigenvalue weighted by molar-refractivity contribution is 5.69. The van der Waals surface area contributed by atoms with Crippen molar-refractivity contribution < 1.29 is 0 Å². The maximum Gasteiger partial charge on any atom is 0.0321 e. The van der Waals surface area contributed by atoms with Gasteiger partial charge in [-0.25, -0.2) is 0 Å². The van der Waals surface area contributed by atoms with Crippen molar-refractivity contribution >= 4 is 6.21 Å². The van der Waals surface area contributed by atoms with Crippen molar-refractivity contribution in [3.05, 3.63) is 11.3 Å². The summed E-state index contributed by atoms with van der Waals surface area (Å²) < 4.78 is 0. The van der Waals surface area contributed by atoms with E-state index in [1.54, 1.807) is 5.57 Å². The molecule has 17 heavy (non-hydrogen) atoms. The topological polar surface area (TPSA) is 24.4 Å². The first-order valence-corrected chi connectivity index (χ1v) is 7.27. The standard InChI is InChI=1S/C11H16N2.2C2H6/c1-6-3-8-4-9(6)11-7(2)13-12-5-10(8)11;2*1-2/h5-6,8-10,13H,3-4H2,1-2H3;2*1-2H3. The molecular formula is C15H28N2. The third kappa shape index (κ3) is 2.41. The second kappa shape index (κ2) is 6.23. The lowest BCUT2D eigenvalue weighted by Crippen LogP contribution is -2.27. The Morgan fingerprint density at radius 2 is 1.82 bits per heavy atom. The van der Waals surface area contributed by atoms with Crippen LogP contribution >= 0.6 is 0 Å². The molecule has 1 heterocycles. The Bertz CT molecular complexity index is 304. The third-order valence-corrected chi connectivity index (χ3v) is 4.08. The molecule has 0 saturated heterocycles. The Labute approximate surface area is 107 Å². The molecular weight excluding hydrogens is 208 g/mol. The van der Waals surface area contributed by atoms with Crippen molar-refractivity contribution in [1.29, 1.82) is 0 Å². The van der Waals surface area contributed by atoms with E-state index in [1.165, 1.54) is 18.5 Å². The van der Waals surface area contributed by atoms with Gasteiger partial charge in [0.1, 0.15) is 0 Å². The maximum absolute atomic E-state index is 4.21. The normalized spacial score (nSPS) is 36.4. The van der Waals surface area contributed by atoms with Gasteiger partial charge in [0.2, 0.25) is 0 Å². The minimum absolute atomic E-state index is 0.683. The molecule has 0 radical (unpaired) electrons. The van der Waals surface area contributed by atoms with Gasteiger partial charge in [0.05, 0.1) is 0 Å². The SMILES string of the molecule is CC.CC.CC1=C2C(C=NN1)C1CC(C)C2C1. The summed E-state index contributed by atoms with van der Waals surface area (Å²) >= 11 is 0. The molecule has 1 N–H and O–H groups in total. The molecule has 4 unspecified atom stereocenters. The highest BCUT2D eigenvalue weighted by atomic mass is 15.3. The van der Waals surface area contributed by atoms with Gasteiger partial charge in [-0.1, -0.05) is 34.6 Å². The van der Waals surface area contributed by atoms with Crippen molar-refractivity contribution in [2.24, 2.45) is 28.8 Å². The van der Waals surface area contributed by atoms with Crippen molar-refractivity contribution in [3.8, 4) is 0 Å². The first kappa shape index (κ1) is 14.3. The van der Waals surface area contributed by atoms with E-state index in [0.29, 0.717) is 5.92 Å². The quantitative estimate of drug-likeness (QED) is 0.670. The van der Waals surface area contributed by atoms with Gasteiger partial charge in [0.15, 0.2) is 0 Å². The molecule has 0 aromatic heterocycles. The van der Waals surface area contributed by atoms with Crippen molar-refractivity contribution in [2.75, 3.05) is 0 Å². The minimum Gasteiger partial charge on any atom is -0.283 e. The number of nitrogens with one attached hydrogen (secondary N) is 1. The summed E-state index contributed by atoms with van der Waals surface area (Å²) in [6, 6.07) is 0. The lowest BCUT2D eigenvalue weighted by Gasteiger charge is -2.30. The van der Waals surface area contributed by atoms with Crippen molar-refractivity contribution in [1.82, 2.24) is 5.43 Å². The lowest BCUT2D eigenvalue weighted by molar-refractivity contribution is 0.391. The molecule has 3 aliphatic rings. The number of hydrogen-bond acceptors (Lipinski definition) is 2. The molecule has 1 aliphatic heterocycles. The highest BCUT2D eigenvalue weighted by Crippen LogP contribution is 2.55. The van der Waals surface area contributed by atoms with Crippen LogP contribution in [0.5, 0.6) is 0 Å². The average molecular weight is 236 g/mol. The van der Waals surface area contributed by atoms with Gasteiger partial charge in [0, 0.05) is 17.8 Å². The molecule has 2 bridgehead atoms. The smallest absolute Gasteiger partial charge is 0.0321 e. The van der Waals surface area contributed by atoms with E-state index in [2.05, 4.69) is 30.6 Å². The molecule has 0 amide bonds. The molecule has 0 aromatic rings. The van der Waals surface area contributed by atoms with E-state index in [4.69, 9.17) is 0 Å². The first-order valence-electron chi connectivity index (χ1n) is 7.27. The van der Waals surface area contributed by atoms with E-state index in [9.17, 15) is 0 Å². The second-order valence-corrected chi connectivity index (χ2v) is 4.81. The van der Waals surface area contributed by atoms with Crippen LogP contribution in [0.25, 0.3) is 0 Å². The van der Waals surface area contributed by atoms with E-state index < -0.39 is 0 Å². The molecule has 2 fully saturated rings. The zero-order valence-electron chi connectivity index (χ0n) is 12.2. The van der Waals surface area contributed by atoms with E-state index in [-0.39, 0.29) is 0 Å². The summed E-state index contributed by atoms with van der Waals surface area (Å²) in [5.74, 6) is 3.34. The molecule has 2 saturated carbocycles. The highest BCUT2D eigenvalue weighted by Gasteiger charge is 2.48. The maximum atomic E-state index is 4.21. The summed E-state index contributed by atoms with van der Waals surface area (Å²) in [5, 5.41) is 4.21. The summed E-state index contributed by atoms with van der Waals surface area (Å²) in [5.41, 5.74) is 6.10. The van der Waals surface area contributed by atoms with Gasteiger partial charge in [-0.05, 0) is 43.1 Å². The van der Waals surface area contributed by atoms with E-state index in [1.807, 2.05) is 27.7 Å². The molecule has 0 spiro atoms. The number of hydrazone groups is 1. The number of fused-ring (bicyclic) bond motifs is 5. The van der Waals surface area contributed by atoms with Gasteiger partial charge in [0.25, 0.3) is 0 Å². The number of allylic oxidation sites excluding steroid dienone is 2. The van der Waals surface area contributed by atoms with Gasteiger partial charge in [-0.15, -0.1) is 0 Å². The van der Waals surface area contributed by atoms with Crippen LogP contribution in [-0.4, -0.2) is 6.21 Å². The number of hydrogen-bond donors (Lipinski definition) is 1.